The van der Waals surface area contributed by atoms with Gasteiger partial charge in [0.15, 0.2) is 5.13 Å². The first-order valence-corrected chi connectivity index (χ1v) is 10.5. The summed E-state index contributed by atoms with van der Waals surface area (Å²) in [7, 11) is 0. The van der Waals surface area contributed by atoms with E-state index in [2.05, 4.69) is 10.3 Å². The van der Waals surface area contributed by atoms with Gasteiger partial charge in [-0.15, -0.1) is 23.1 Å². The van der Waals surface area contributed by atoms with E-state index in [0.29, 0.717) is 32.4 Å². The molecule has 0 radical (unpaired) electrons. The van der Waals surface area contributed by atoms with Gasteiger partial charge in [0.2, 0.25) is 5.91 Å². The van der Waals surface area contributed by atoms with Crippen molar-refractivity contribution in [3.63, 3.8) is 0 Å². The topological polar surface area (TPSA) is 42.0 Å². The second-order valence-electron chi connectivity index (χ2n) is 5.34. The highest BCUT2D eigenvalue weighted by atomic mass is 35.5. The lowest BCUT2D eigenvalue weighted by Crippen LogP contribution is -2.13. The molecule has 1 N–H and O–H groups in total. The highest BCUT2D eigenvalue weighted by molar-refractivity contribution is 8.00. The van der Waals surface area contributed by atoms with Crippen LogP contribution in [0.3, 0.4) is 0 Å². The lowest BCUT2D eigenvalue weighted by molar-refractivity contribution is -0.113. The van der Waals surface area contributed by atoms with Gasteiger partial charge in [0.1, 0.15) is 0 Å². The Hall–Kier alpha value is -1.24. The first kappa shape index (κ1) is 19.5. The number of thioether (sulfide) groups is 1. The fourth-order valence-corrected chi connectivity index (χ4v) is 4.20. The monoisotopic (exact) mass is 442 g/mol. The Labute approximate surface area is 174 Å². The fourth-order valence-electron chi connectivity index (χ4n) is 2.15. The standard InChI is InChI=1S/C18H13Cl3N2OS2/c19-12-1-4-14(5-2-12)25-10-17(24)23-18-22-9-15(26-18)8-11-7-13(20)3-6-16(11)21/h1-7,9H,8,10H2,(H,22,23,24). The Morgan fingerprint density at radius 3 is 2.58 bits per heavy atom. The van der Waals surface area contributed by atoms with Crippen LogP contribution in [0.5, 0.6) is 0 Å². The normalized spacial score (nSPS) is 10.7. The number of thiazole rings is 1. The van der Waals surface area contributed by atoms with Gasteiger partial charge in [-0.1, -0.05) is 34.8 Å². The lowest BCUT2D eigenvalue weighted by atomic mass is 10.1. The predicted molar refractivity (Wildman–Crippen MR) is 112 cm³/mol. The van der Waals surface area contributed by atoms with Crippen molar-refractivity contribution in [2.45, 2.75) is 11.3 Å². The second kappa shape index (κ2) is 9.11. The summed E-state index contributed by atoms with van der Waals surface area (Å²) in [5.41, 5.74) is 0.930. The van der Waals surface area contributed by atoms with Crippen LogP contribution in [0.15, 0.2) is 53.6 Å². The number of carbonyl (C=O) groups is 1. The molecule has 0 atom stereocenters. The first-order chi connectivity index (χ1) is 12.5. The summed E-state index contributed by atoms with van der Waals surface area (Å²) in [5.74, 6) is 0.197. The molecule has 3 aromatic rings. The molecule has 0 saturated carbocycles. The zero-order valence-electron chi connectivity index (χ0n) is 13.3. The number of halogens is 3. The van der Waals surface area contributed by atoms with Gasteiger partial charge < -0.3 is 5.32 Å². The molecule has 0 aliphatic heterocycles. The van der Waals surface area contributed by atoms with Gasteiger partial charge in [-0.3, -0.25) is 4.79 Å². The summed E-state index contributed by atoms with van der Waals surface area (Å²) in [6.45, 7) is 0. The van der Waals surface area contributed by atoms with Crippen molar-refractivity contribution in [1.82, 2.24) is 4.98 Å². The molecule has 0 unspecified atom stereocenters. The maximum atomic E-state index is 12.1. The van der Waals surface area contributed by atoms with Crippen LogP contribution in [0, 0.1) is 0 Å². The molecule has 1 heterocycles. The Morgan fingerprint density at radius 1 is 1.08 bits per heavy atom. The van der Waals surface area contributed by atoms with Crippen LogP contribution in [-0.2, 0) is 11.2 Å². The van der Waals surface area contributed by atoms with E-state index < -0.39 is 0 Å². The van der Waals surface area contributed by atoms with Crippen molar-refractivity contribution in [3.05, 3.63) is 74.2 Å². The van der Waals surface area contributed by atoms with E-state index in [9.17, 15) is 4.79 Å². The second-order valence-corrected chi connectivity index (χ2v) is 8.78. The predicted octanol–water partition coefficient (Wildman–Crippen LogP) is 6.42. The Kier molecular flexibility index (Phi) is 6.84. The van der Waals surface area contributed by atoms with Crippen molar-refractivity contribution < 1.29 is 4.79 Å². The van der Waals surface area contributed by atoms with Crippen LogP contribution in [0.2, 0.25) is 15.1 Å². The van der Waals surface area contributed by atoms with Crippen molar-refractivity contribution in [2.75, 3.05) is 11.1 Å². The molecule has 0 spiro atoms. The molecule has 134 valence electrons. The van der Waals surface area contributed by atoms with Gasteiger partial charge in [0.25, 0.3) is 0 Å². The van der Waals surface area contributed by atoms with Gasteiger partial charge in [-0.25, -0.2) is 4.98 Å². The molecule has 3 rings (SSSR count). The number of carbonyl (C=O) groups excluding carboxylic acids is 1. The zero-order valence-corrected chi connectivity index (χ0v) is 17.2. The van der Waals surface area contributed by atoms with Crippen LogP contribution >= 0.6 is 57.9 Å². The van der Waals surface area contributed by atoms with Crippen LogP contribution < -0.4 is 5.32 Å². The molecule has 0 aliphatic carbocycles. The van der Waals surface area contributed by atoms with E-state index in [1.54, 1.807) is 30.5 Å². The van der Waals surface area contributed by atoms with Crippen LogP contribution in [0.4, 0.5) is 5.13 Å². The molecular weight excluding hydrogens is 431 g/mol. The van der Waals surface area contributed by atoms with Crippen molar-refractivity contribution in [1.29, 1.82) is 0 Å². The van der Waals surface area contributed by atoms with Crippen LogP contribution in [-0.4, -0.2) is 16.6 Å². The summed E-state index contributed by atoms with van der Waals surface area (Å²) < 4.78 is 0. The lowest BCUT2D eigenvalue weighted by Gasteiger charge is -2.03. The van der Waals surface area contributed by atoms with Crippen molar-refractivity contribution in [2.24, 2.45) is 0 Å². The first-order valence-electron chi connectivity index (χ1n) is 7.56. The van der Waals surface area contributed by atoms with Crippen molar-refractivity contribution >= 4 is 68.9 Å². The number of anilines is 1. The number of nitrogens with zero attached hydrogens (tertiary/aromatic N) is 1. The molecule has 0 saturated heterocycles. The molecular formula is C18H13Cl3N2OS2. The number of rotatable bonds is 6. The Bertz CT molecular complexity index is 913. The number of benzene rings is 2. The number of hydrogen-bond donors (Lipinski definition) is 1. The average Bonchev–Trinajstić information content (AvgIpc) is 3.04. The Morgan fingerprint density at radius 2 is 1.81 bits per heavy atom. The van der Waals surface area contributed by atoms with Crippen LogP contribution in [0.1, 0.15) is 10.4 Å². The van der Waals surface area contributed by atoms with Crippen molar-refractivity contribution in [3.8, 4) is 0 Å². The van der Waals surface area contributed by atoms with E-state index in [1.165, 1.54) is 23.1 Å². The van der Waals surface area contributed by atoms with E-state index in [1.807, 2.05) is 18.2 Å². The van der Waals surface area contributed by atoms with Gasteiger partial charge in [-0.2, -0.15) is 0 Å². The Balaban J connectivity index is 1.55. The number of aromatic nitrogens is 1. The summed E-state index contributed by atoms with van der Waals surface area (Å²) in [6, 6.07) is 12.7. The quantitative estimate of drug-likeness (QED) is 0.447. The average molecular weight is 444 g/mol. The van der Waals surface area contributed by atoms with E-state index in [0.717, 1.165) is 15.3 Å². The molecule has 0 aliphatic rings. The number of hydrogen-bond acceptors (Lipinski definition) is 4. The molecule has 0 fully saturated rings. The molecule has 3 nitrogen and oxygen atoms in total. The van der Waals surface area contributed by atoms with Gasteiger partial charge >= 0.3 is 0 Å². The maximum Gasteiger partial charge on any atom is 0.236 e. The minimum absolute atomic E-state index is 0.105. The summed E-state index contributed by atoms with van der Waals surface area (Å²) >= 11 is 20.9. The molecule has 26 heavy (non-hydrogen) atoms. The largest absolute Gasteiger partial charge is 0.301 e. The molecule has 2 aromatic carbocycles. The maximum absolute atomic E-state index is 12.1. The smallest absolute Gasteiger partial charge is 0.236 e. The third-order valence-corrected chi connectivity index (χ3v) is 6.14. The minimum atomic E-state index is -0.105. The molecule has 0 bridgehead atoms. The summed E-state index contributed by atoms with van der Waals surface area (Å²) in [4.78, 5) is 18.3. The van der Waals surface area contributed by atoms with Gasteiger partial charge in [-0.05, 0) is 48.0 Å². The SMILES string of the molecule is O=C(CSc1ccc(Cl)cc1)Nc1ncc(Cc2cc(Cl)ccc2Cl)s1. The molecule has 1 amide bonds. The van der Waals surface area contributed by atoms with E-state index in [-0.39, 0.29) is 5.91 Å². The minimum Gasteiger partial charge on any atom is -0.301 e. The molecule has 1 aromatic heterocycles. The summed E-state index contributed by atoms with van der Waals surface area (Å²) in [5, 5.41) is 5.36. The van der Waals surface area contributed by atoms with E-state index >= 15 is 0 Å². The molecule has 8 heteroatoms. The summed E-state index contributed by atoms with van der Waals surface area (Å²) in [6.07, 6.45) is 2.36. The third kappa shape index (κ3) is 5.63. The van der Waals surface area contributed by atoms with Crippen LogP contribution in [0.25, 0.3) is 0 Å². The van der Waals surface area contributed by atoms with Gasteiger partial charge in [0, 0.05) is 37.5 Å². The fraction of sp³-hybridized carbons (Fsp3) is 0.111. The zero-order chi connectivity index (χ0) is 18.5. The number of nitrogens with one attached hydrogen (secondary N) is 1. The van der Waals surface area contributed by atoms with Gasteiger partial charge in [0.05, 0.1) is 5.75 Å². The third-order valence-electron chi connectivity index (χ3n) is 3.36. The highest BCUT2D eigenvalue weighted by Crippen LogP contribution is 2.27. The highest BCUT2D eigenvalue weighted by Gasteiger charge is 2.10. The number of amides is 1. The van der Waals surface area contributed by atoms with E-state index in [4.69, 9.17) is 34.8 Å².